The summed E-state index contributed by atoms with van der Waals surface area (Å²) in [6.07, 6.45) is 0. The van der Waals surface area contributed by atoms with Crippen LogP contribution in [0.5, 0.6) is 5.88 Å². The summed E-state index contributed by atoms with van der Waals surface area (Å²) in [7, 11) is -2.19. The molecule has 0 N–H and O–H groups in total. The highest BCUT2D eigenvalue weighted by atomic mass is 35.5. The van der Waals surface area contributed by atoms with Crippen molar-refractivity contribution in [1.29, 1.82) is 0 Å². The molecule has 0 aliphatic heterocycles. The van der Waals surface area contributed by atoms with Crippen LogP contribution in [0.4, 0.5) is 0 Å². The van der Waals surface area contributed by atoms with Crippen molar-refractivity contribution < 1.29 is 22.7 Å². The van der Waals surface area contributed by atoms with Gasteiger partial charge in [-0.3, -0.25) is 9.53 Å². The van der Waals surface area contributed by atoms with Gasteiger partial charge in [0.2, 0.25) is 0 Å². The molecule has 0 spiro atoms. The Bertz CT molecular complexity index is 981. The highest BCUT2D eigenvalue weighted by molar-refractivity contribution is 7.91. The van der Waals surface area contributed by atoms with Crippen molar-refractivity contribution in [1.82, 2.24) is 10.1 Å². The van der Waals surface area contributed by atoms with E-state index >= 15 is 0 Å². The van der Waals surface area contributed by atoms with Crippen molar-refractivity contribution >= 4 is 22.2 Å². The van der Waals surface area contributed by atoms with Gasteiger partial charge < -0.3 is 9.94 Å². The third-order valence-corrected chi connectivity index (χ3v) is 5.59. The SMILES string of the molecule is CN(CCOc1no[n+]([O-])c1S(=O)(=O)c1ccccc1)Cc1ccccc1.Cl. The summed E-state index contributed by atoms with van der Waals surface area (Å²) < 4.78 is 35.2. The molecular formula is C18H20ClN3O5S. The number of benzene rings is 2. The van der Waals surface area contributed by atoms with Crippen LogP contribution in [0.1, 0.15) is 5.56 Å². The van der Waals surface area contributed by atoms with E-state index in [1.165, 1.54) is 12.1 Å². The summed E-state index contributed by atoms with van der Waals surface area (Å²) in [5.74, 6) is -0.345. The Morgan fingerprint density at radius 1 is 1.11 bits per heavy atom. The second-order valence-corrected chi connectivity index (χ2v) is 7.79. The molecule has 0 atom stereocenters. The smallest absolute Gasteiger partial charge is 0.415 e. The Morgan fingerprint density at radius 2 is 1.71 bits per heavy atom. The van der Waals surface area contributed by atoms with Crippen molar-refractivity contribution in [2.45, 2.75) is 16.5 Å². The van der Waals surface area contributed by atoms with Crippen LogP contribution >= 0.6 is 12.4 Å². The van der Waals surface area contributed by atoms with Crippen molar-refractivity contribution in [3.05, 3.63) is 71.4 Å². The number of halogens is 1. The summed E-state index contributed by atoms with van der Waals surface area (Å²) in [6.45, 7) is 1.36. The number of nitrogens with zero attached hydrogens (tertiary/aromatic N) is 3. The molecule has 0 fully saturated rings. The first-order valence-electron chi connectivity index (χ1n) is 8.23. The van der Waals surface area contributed by atoms with E-state index in [-0.39, 0.29) is 34.7 Å². The molecule has 3 aromatic rings. The number of aromatic nitrogens is 2. The number of ether oxygens (including phenoxy) is 1. The third kappa shape index (κ3) is 5.00. The van der Waals surface area contributed by atoms with E-state index < -0.39 is 14.9 Å². The Kier molecular flexibility index (Phi) is 7.38. The van der Waals surface area contributed by atoms with Crippen LogP contribution in [-0.2, 0) is 16.4 Å². The number of rotatable bonds is 8. The van der Waals surface area contributed by atoms with Crippen LogP contribution in [0.15, 0.2) is 75.2 Å². The van der Waals surface area contributed by atoms with Gasteiger partial charge in [0.05, 0.1) is 10.1 Å². The highest BCUT2D eigenvalue weighted by Crippen LogP contribution is 2.24. The topological polar surface area (TPSA) is 99.6 Å². The minimum atomic E-state index is -4.10. The van der Waals surface area contributed by atoms with Crippen molar-refractivity contribution in [3.8, 4) is 5.88 Å². The molecule has 0 amide bonds. The third-order valence-electron chi connectivity index (χ3n) is 3.86. The van der Waals surface area contributed by atoms with Crippen LogP contribution in [0, 0.1) is 5.21 Å². The van der Waals surface area contributed by atoms with Gasteiger partial charge in [0.1, 0.15) is 6.61 Å². The first-order chi connectivity index (χ1) is 13.0. The molecule has 1 aromatic heterocycles. The number of hydrogen-bond donors (Lipinski definition) is 0. The van der Waals surface area contributed by atoms with Crippen LogP contribution < -0.4 is 9.64 Å². The normalized spacial score (nSPS) is 11.2. The zero-order valence-electron chi connectivity index (χ0n) is 15.1. The zero-order chi connectivity index (χ0) is 19.3. The van der Waals surface area contributed by atoms with Gasteiger partial charge in [-0.1, -0.05) is 48.5 Å². The molecule has 0 bridgehead atoms. The van der Waals surface area contributed by atoms with E-state index in [0.717, 1.165) is 5.56 Å². The van der Waals surface area contributed by atoms with E-state index in [2.05, 4.69) is 9.79 Å². The van der Waals surface area contributed by atoms with E-state index in [1.807, 2.05) is 42.3 Å². The van der Waals surface area contributed by atoms with Gasteiger partial charge in [0, 0.05) is 13.1 Å². The lowest BCUT2D eigenvalue weighted by atomic mass is 10.2. The molecule has 0 radical (unpaired) electrons. The molecule has 0 saturated heterocycles. The molecule has 10 heteroatoms. The first kappa shape index (κ1) is 21.7. The lowest BCUT2D eigenvalue weighted by Gasteiger charge is -2.15. The average molecular weight is 426 g/mol. The molecule has 3 rings (SSSR count). The van der Waals surface area contributed by atoms with Gasteiger partial charge in [0.25, 0.3) is 9.84 Å². The van der Waals surface area contributed by atoms with Gasteiger partial charge in [-0.2, -0.15) is 0 Å². The van der Waals surface area contributed by atoms with Gasteiger partial charge in [-0.15, -0.1) is 12.4 Å². The van der Waals surface area contributed by atoms with E-state index in [4.69, 9.17) is 4.74 Å². The van der Waals surface area contributed by atoms with E-state index in [1.54, 1.807) is 18.2 Å². The Balaban J connectivity index is 0.00000280. The first-order valence-corrected chi connectivity index (χ1v) is 9.72. The Hall–Kier alpha value is -2.62. The van der Waals surface area contributed by atoms with Crippen LogP contribution in [0.2, 0.25) is 0 Å². The molecule has 0 aliphatic rings. The fourth-order valence-corrected chi connectivity index (χ4v) is 3.81. The number of sulfone groups is 1. The molecule has 2 aromatic carbocycles. The Labute approximate surface area is 169 Å². The van der Waals surface area contributed by atoms with Crippen LogP contribution in [0.3, 0.4) is 0 Å². The summed E-state index contributed by atoms with van der Waals surface area (Å²) in [5.41, 5.74) is 1.14. The van der Waals surface area contributed by atoms with Gasteiger partial charge >= 0.3 is 10.9 Å². The lowest BCUT2D eigenvalue weighted by Crippen LogP contribution is -2.31. The van der Waals surface area contributed by atoms with Crippen LogP contribution in [0.25, 0.3) is 0 Å². The largest absolute Gasteiger partial charge is 0.453 e. The van der Waals surface area contributed by atoms with Crippen molar-refractivity contribution in [3.63, 3.8) is 0 Å². The monoisotopic (exact) mass is 425 g/mol. The van der Waals surface area contributed by atoms with Crippen molar-refractivity contribution in [2.24, 2.45) is 0 Å². The zero-order valence-corrected chi connectivity index (χ0v) is 16.7. The molecule has 1 heterocycles. The maximum Gasteiger partial charge on any atom is 0.415 e. The minimum absolute atomic E-state index is 0. The molecule has 28 heavy (non-hydrogen) atoms. The summed E-state index contributed by atoms with van der Waals surface area (Å²) in [4.78, 5) is 1.82. The minimum Gasteiger partial charge on any atom is -0.453 e. The predicted molar refractivity (Wildman–Crippen MR) is 103 cm³/mol. The van der Waals surface area contributed by atoms with Crippen molar-refractivity contribution in [2.75, 3.05) is 20.2 Å². The molecule has 150 valence electrons. The fraction of sp³-hybridized carbons (Fsp3) is 0.222. The molecule has 0 saturated carbocycles. The predicted octanol–water partition coefficient (Wildman–Crippen LogP) is 2.07. The summed E-state index contributed by atoms with van der Waals surface area (Å²) >= 11 is 0. The molecule has 8 nitrogen and oxygen atoms in total. The summed E-state index contributed by atoms with van der Waals surface area (Å²) in [6, 6.07) is 17.5. The number of likely N-dealkylation sites (N-methyl/N-ethyl adjacent to an activating group) is 1. The quantitative estimate of drug-likeness (QED) is 0.509. The van der Waals surface area contributed by atoms with E-state index in [0.29, 0.717) is 13.1 Å². The second kappa shape index (κ2) is 9.54. The average Bonchev–Trinajstić information content (AvgIpc) is 3.04. The second-order valence-electron chi connectivity index (χ2n) is 5.93. The standard InChI is InChI=1S/C18H19N3O5S.ClH/c1-20(14-15-8-4-2-5-9-15)12-13-25-17-18(21(22)26-19-17)27(23,24)16-10-6-3-7-11-16;/h2-11H,12-14H2,1H3;1H. The van der Waals surface area contributed by atoms with Gasteiger partial charge in [-0.25, -0.2) is 8.42 Å². The maximum absolute atomic E-state index is 12.7. The molecule has 0 unspecified atom stereocenters. The number of hydrogen-bond acceptors (Lipinski definition) is 7. The summed E-state index contributed by atoms with van der Waals surface area (Å²) in [5, 5.41) is 14.6. The van der Waals surface area contributed by atoms with Gasteiger partial charge in [0.15, 0.2) is 0 Å². The fourth-order valence-electron chi connectivity index (χ4n) is 2.51. The lowest BCUT2D eigenvalue weighted by molar-refractivity contribution is -0.832. The van der Waals surface area contributed by atoms with Crippen LogP contribution in [-0.4, -0.2) is 38.7 Å². The van der Waals surface area contributed by atoms with E-state index in [9.17, 15) is 13.6 Å². The Morgan fingerprint density at radius 3 is 2.36 bits per heavy atom. The highest BCUT2D eigenvalue weighted by Gasteiger charge is 2.35. The van der Waals surface area contributed by atoms with Gasteiger partial charge in [-0.05, 0) is 29.6 Å². The molecular weight excluding hydrogens is 406 g/mol. The molecule has 0 aliphatic carbocycles. The maximum atomic E-state index is 12.7.